The predicted molar refractivity (Wildman–Crippen MR) is 80.1 cm³/mol. The summed E-state index contributed by atoms with van der Waals surface area (Å²) >= 11 is 0. The van der Waals surface area contributed by atoms with Crippen molar-refractivity contribution >= 4 is 10.0 Å². The first kappa shape index (κ1) is 18.0. The van der Waals surface area contributed by atoms with Crippen molar-refractivity contribution in [3.8, 4) is 0 Å². The Hall–Kier alpha value is -1.02. The summed E-state index contributed by atoms with van der Waals surface area (Å²) in [5.41, 5.74) is -0.292. The Morgan fingerprint density at radius 2 is 2.00 bits per heavy atom. The standard InChI is InChI=1S/C14H23FN2O3S/c1-5-20-14(2,3)10-17-21(18,19)12-6-7-13(15)11(8-12)9-16-4/h6-8,16-17H,5,9-10H2,1-4H3. The molecule has 0 fully saturated rings. The number of hydrogen-bond donors (Lipinski definition) is 2. The molecule has 0 aliphatic rings. The highest BCUT2D eigenvalue weighted by molar-refractivity contribution is 7.89. The maximum absolute atomic E-state index is 13.5. The number of hydrogen-bond acceptors (Lipinski definition) is 4. The topological polar surface area (TPSA) is 67.4 Å². The van der Waals surface area contributed by atoms with Crippen molar-refractivity contribution < 1.29 is 17.5 Å². The summed E-state index contributed by atoms with van der Waals surface area (Å²) in [6, 6.07) is 3.75. The highest BCUT2D eigenvalue weighted by Gasteiger charge is 2.23. The first-order valence-corrected chi connectivity index (χ1v) is 8.27. The van der Waals surface area contributed by atoms with E-state index in [1.54, 1.807) is 20.9 Å². The molecule has 0 spiro atoms. The van der Waals surface area contributed by atoms with Crippen LogP contribution in [0.15, 0.2) is 23.1 Å². The fraction of sp³-hybridized carbons (Fsp3) is 0.571. The van der Waals surface area contributed by atoms with Gasteiger partial charge in [0.1, 0.15) is 5.82 Å². The molecule has 5 nitrogen and oxygen atoms in total. The van der Waals surface area contributed by atoms with Crippen molar-refractivity contribution in [2.45, 2.75) is 37.8 Å². The zero-order valence-electron chi connectivity index (χ0n) is 12.9. The molecule has 0 amide bonds. The molecule has 0 aromatic heterocycles. The third-order valence-corrected chi connectivity index (χ3v) is 4.32. The van der Waals surface area contributed by atoms with Crippen molar-refractivity contribution in [1.82, 2.24) is 10.0 Å². The maximum Gasteiger partial charge on any atom is 0.240 e. The van der Waals surface area contributed by atoms with Crippen molar-refractivity contribution in [1.29, 1.82) is 0 Å². The predicted octanol–water partition coefficient (Wildman–Crippen LogP) is 1.64. The second kappa shape index (κ2) is 7.31. The van der Waals surface area contributed by atoms with Crippen LogP contribution in [0.2, 0.25) is 0 Å². The molecule has 0 saturated heterocycles. The van der Waals surface area contributed by atoms with E-state index in [-0.39, 0.29) is 18.0 Å². The third-order valence-electron chi connectivity index (χ3n) is 2.92. The molecule has 1 rings (SSSR count). The zero-order chi connectivity index (χ0) is 16.1. The summed E-state index contributed by atoms with van der Waals surface area (Å²) in [6.07, 6.45) is 0. The van der Waals surface area contributed by atoms with E-state index >= 15 is 0 Å². The molecule has 0 bridgehead atoms. The molecule has 2 N–H and O–H groups in total. The fourth-order valence-electron chi connectivity index (χ4n) is 1.84. The average Bonchev–Trinajstić information content (AvgIpc) is 2.39. The Balaban J connectivity index is 2.90. The van der Waals surface area contributed by atoms with Crippen LogP contribution in [0.3, 0.4) is 0 Å². The second-order valence-corrected chi connectivity index (χ2v) is 7.07. The van der Waals surface area contributed by atoms with Crippen molar-refractivity contribution in [2.24, 2.45) is 0 Å². The molecule has 0 heterocycles. The van der Waals surface area contributed by atoms with E-state index in [1.807, 2.05) is 6.92 Å². The van der Waals surface area contributed by atoms with E-state index in [1.165, 1.54) is 12.1 Å². The first-order valence-electron chi connectivity index (χ1n) is 6.78. The summed E-state index contributed by atoms with van der Waals surface area (Å²) < 4.78 is 46.0. The van der Waals surface area contributed by atoms with E-state index < -0.39 is 21.4 Å². The Morgan fingerprint density at radius 3 is 2.57 bits per heavy atom. The Morgan fingerprint density at radius 1 is 1.33 bits per heavy atom. The number of ether oxygens (including phenoxy) is 1. The Labute approximate surface area is 125 Å². The molecule has 0 unspecified atom stereocenters. The van der Waals surface area contributed by atoms with Gasteiger partial charge in [-0.05, 0) is 46.0 Å². The van der Waals surface area contributed by atoms with Crippen LogP contribution in [0.4, 0.5) is 4.39 Å². The Bertz CT molecular complexity index is 574. The third kappa shape index (κ3) is 5.35. The molecule has 0 aliphatic carbocycles. The minimum Gasteiger partial charge on any atom is -0.375 e. The van der Waals surface area contributed by atoms with Crippen molar-refractivity contribution in [3.63, 3.8) is 0 Å². The van der Waals surface area contributed by atoms with Crippen molar-refractivity contribution in [3.05, 3.63) is 29.6 Å². The fourth-order valence-corrected chi connectivity index (χ4v) is 3.09. The highest BCUT2D eigenvalue weighted by atomic mass is 32.2. The maximum atomic E-state index is 13.5. The average molecular weight is 318 g/mol. The molecule has 7 heteroatoms. The molecule has 1 aromatic carbocycles. The normalized spacial score (nSPS) is 12.6. The van der Waals surface area contributed by atoms with Gasteiger partial charge >= 0.3 is 0 Å². The van der Waals surface area contributed by atoms with Gasteiger partial charge in [0.15, 0.2) is 0 Å². The van der Waals surface area contributed by atoms with Gasteiger partial charge in [-0.3, -0.25) is 0 Å². The van der Waals surface area contributed by atoms with Crippen LogP contribution in [0.1, 0.15) is 26.3 Å². The summed E-state index contributed by atoms with van der Waals surface area (Å²) in [6.45, 7) is 6.35. The highest BCUT2D eigenvalue weighted by Crippen LogP contribution is 2.16. The lowest BCUT2D eigenvalue weighted by molar-refractivity contribution is -0.00515. The number of sulfonamides is 1. The Kier molecular flexibility index (Phi) is 6.27. The lowest BCUT2D eigenvalue weighted by atomic mass is 10.1. The summed E-state index contributed by atoms with van der Waals surface area (Å²) in [5.74, 6) is -0.432. The van der Waals surface area contributed by atoms with Gasteiger partial charge in [0.2, 0.25) is 10.0 Å². The van der Waals surface area contributed by atoms with Crippen LogP contribution in [-0.4, -0.2) is 34.2 Å². The summed E-state index contributed by atoms with van der Waals surface area (Å²) in [4.78, 5) is 0.0430. The van der Waals surface area contributed by atoms with E-state index in [0.717, 1.165) is 6.07 Å². The van der Waals surface area contributed by atoms with E-state index in [0.29, 0.717) is 12.2 Å². The van der Waals surface area contributed by atoms with Crippen LogP contribution in [0.25, 0.3) is 0 Å². The van der Waals surface area contributed by atoms with Crippen LogP contribution in [-0.2, 0) is 21.3 Å². The number of benzene rings is 1. The second-order valence-electron chi connectivity index (χ2n) is 5.30. The van der Waals surface area contributed by atoms with Crippen LogP contribution in [0.5, 0.6) is 0 Å². The molecule has 0 aliphatic heterocycles. The zero-order valence-corrected chi connectivity index (χ0v) is 13.7. The summed E-state index contributed by atoms with van der Waals surface area (Å²) in [7, 11) is -2.02. The van der Waals surface area contributed by atoms with Crippen LogP contribution >= 0.6 is 0 Å². The lowest BCUT2D eigenvalue weighted by Crippen LogP contribution is -2.40. The monoisotopic (exact) mass is 318 g/mol. The number of halogens is 1. The van der Waals surface area contributed by atoms with Gasteiger partial charge < -0.3 is 10.1 Å². The van der Waals surface area contributed by atoms with Gasteiger partial charge in [-0.15, -0.1) is 0 Å². The van der Waals surface area contributed by atoms with Gasteiger partial charge in [-0.1, -0.05) is 0 Å². The molecular formula is C14H23FN2O3S. The molecule has 0 saturated carbocycles. The molecule has 21 heavy (non-hydrogen) atoms. The minimum atomic E-state index is -3.69. The largest absolute Gasteiger partial charge is 0.375 e. The van der Waals surface area contributed by atoms with E-state index in [9.17, 15) is 12.8 Å². The lowest BCUT2D eigenvalue weighted by Gasteiger charge is -2.24. The molecule has 0 radical (unpaired) electrons. The number of rotatable bonds is 8. The first-order chi connectivity index (χ1) is 9.72. The van der Waals surface area contributed by atoms with Gasteiger partial charge in [0, 0.05) is 25.3 Å². The molecule has 120 valence electrons. The van der Waals surface area contributed by atoms with Gasteiger partial charge in [0.05, 0.1) is 10.5 Å². The quantitative estimate of drug-likeness (QED) is 0.765. The van der Waals surface area contributed by atoms with Crippen LogP contribution < -0.4 is 10.0 Å². The molecule has 1 aromatic rings. The molecule has 0 atom stereocenters. The van der Waals surface area contributed by atoms with E-state index in [4.69, 9.17) is 4.74 Å². The van der Waals surface area contributed by atoms with Crippen molar-refractivity contribution in [2.75, 3.05) is 20.2 Å². The smallest absolute Gasteiger partial charge is 0.240 e. The molecular weight excluding hydrogens is 295 g/mol. The SMILES string of the molecule is CCOC(C)(C)CNS(=O)(=O)c1ccc(F)c(CNC)c1. The summed E-state index contributed by atoms with van der Waals surface area (Å²) in [5, 5.41) is 2.80. The van der Waals surface area contributed by atoms with E-state index in [2.05, 4.69) is 10.0 Å². The van der Waals surface area contributed by atoms with Gasteiger partial charge in [0.25, 0.3) is 0 Å². The van der Waals surface area contributed by atoms with Gasteiger partial charge in [-0.25, -0.2) is 17.5 Å². The number of nitrogens with one attached hydrogen (secondary N) is 2. The minimum absolute atomic E-state index is 0.0430. The van der Waals surface area contributed by atoms with Crippen LogP contribution in [0, 0.1) is 5.82 Å². The van der Waals surface area contributed by atoms with Gasteiger partial charge in [-0.2, -0.15) is 0 Å².